The molecule has 0 unspecified atom stereocenters. The number of hydrogen-bond donors (Lipinski definition) is 2. The first-order chi connectivity index (χ1) is 17.1. The number of aliphatic imine (C=N–C) groups is 1. The Hall–Kier alpha value is -4.24. The third kappa shape index (κ3) is 5.15. The van der Waals surface area contributed by atoms with Crippen molar-refractivity contribution in [2.45, 2.75) is 13.0 Å². The molecule has 0 amide bonds. The minimum atomic E-state index is -0.851. The third-order valence-electron chi connectivity index (χ3n) is 5.91. The summed E-state index contributed by atoms with van der Waals surface area (Å²) in [7, 11) is 1.98. The largest absolute Gasteiger partial charge is 0.481 e. The van der Waals surface area contributed by atoms with Crippen LogP contribution in [0.1, 0.15) is 17.5 Å². The lowest BCUT2D eigenvalue weighted by molar-refractivity contribution is -0.138. The van der Waals surface area contributed by atoms with Gasteiger partial charge in [-0.25, -0.2) is 9.97 Å². The number of carboxylic acids is 1. The van der Waals surface area contributed by atoms with E-state index in [9.17, 15) is 4.79 Å². The molecule has 0 atom stereocenters. The zero-order chi connectivity index (χ0) is 24.2. The molecular weight excluding hydrogens is 444 g/mol. The van der Waals surface area contributed by atoms with Crippen LogP contribution in [0.3, 0.4) is 0 Å². The van der Waals surface area contributed by atoms with E-state index >= 15 is 0 Å². The van der Waals surface area contributed by atoms with Crippen molar-refractivity contribution < 1.29 is 14.6 Å². The third-order valence-corrected chi connectivity index (χ3v) is 5.91. The highest BCUT2D eigenvalue weighted by Crippen LogP contribution is 2.28. The Kier molecular flexibility index (Phi) is 6.40. The molecular formula is C26H26N6O3. The van der Waals surface area contributed by atoms with Gasteiger partial charge in [0.05, 0.1) is 31.9 Å². The summed E-state index contributed by atoms with van der Waals surface area (Å²) < 4.78 is 7.36. The van der Waals surface area contributed by atoms with Crippen LogP contribution < -0.4 is 10.2 Å². The zero-order valence-electron chi connectivity index (χ0n) is 19.4. The van der Waals surface area contributed by atoms with E-state index in [1.807, 2.05) is 54.3 Å². The maximum atomic E-state index is 10.6. The van der Waals surface area contributed by atoms with Crippen LogP contribution in [0.4, 0.5) is 17.2 Å². The van der Waals surface area contributed by atoms with Crippen molar-refractivity contribution in [2.75, 3.05) is 37.0 Å². The van der Waals surface area contributed by atoms with Gasteiger partial charge in [0.15, 0.2) is 11.5 Å². The Balaban J connectivity index is 1.30. The highest BCUT2D eigenvalue weighted by Gasteiger charge is 2.13. The Morgan fingerprint density at radius 2 is 2.06 bits per heavy atom. The van der Waals surface area contributed by atoms with Gasteiger partial charge < -0.3 is 24.5 Å². The summed E-state index contributed by atoms with van der Waals surface area (Å²) in [5, 5.41) is 12.1. The summed E-state index contributed by atoms with van der Waals surface area (Å²) in [4.78, 5) is 26.3. The number of carboxylic acid groups (broad SMARTS) is 1. The van der Waals surface area contributed by atoms with Gasteiger partial charge in [-0.1, -0.05) is 12.1 Å². The summed E-state index contributed by atoms with van der Waals surface area (Å²) in [6, 6.07) is 14.3. The lowest BCUT2D eigenvalue weighted by atomic mass is 10.0. The highest BCUT2D eigenvalue weighted by atomic mass is 16.5. The van der Waals surface area contributed by atoms with Gasteiger partial charge in [-0.2, -0.15) is 0 Å². The van der Waals surface area contributed by atoms with E-state index in [0.717, 1.165) is 33.8 Å². The maximum absolute atomic E-state index is 10.6. The van der Waals surface area contributed by atoms with E-state index in [2.05, 4.69) is 38.4 Å². The van der Waals surface area contributed by atoms with Gasteiger partial charge in [-0.3, -0.25) is 9.79 Å². The van der Waals surface area contributed by atoms with Gasteiger partial charge in [0.2, 0.25) is 0 Å². The summed E-state index contributed by atoms with van der Waals surface area (Å²) in [5.74, 6) is -0.173. The first-order valence-electron chi connectivity index (χ1n) is 11.4. The minimum Gasteiger partial charge on any atom is -0.481 e. The Morgan fingerprint density at radius 1 is 1.20 bits per heavy atom. The fourth-order valence-electron chi connectivity index (χ4n) is 3.95. The van der Waals surface area contributed by atoms with E-state index in [-0.39, 0.29) is 13.0 Å². The van der Waals surface area contributed by atoms with Crippen molar-refractivity contribution in [3.8, 4) is 11.3 Å². The molecule has 2 aromatic carbocycles. The number of hydrogen-bond acceptors (Lipinski definition) is 7. The molecule has 1 aliphatic rings. The summed E-state index contributed by atoms with van der Waals surface area (Å²) in [5.41, 5.74) is 6.94. The molecule has 0 fully saturated rings. The lowest BCUT2D eigenvalue weighted by Gasteiger charge is -2.19. The molecule has 2 aromatic heterocycles. The average molecular weight is 471 g/mol. The van der Waals surface area contributed by atoms with Crippen LogP contribution in [0.2, 0.25) is 0 Å². The van der Waals surface area contributed by atoms with Gasteiger partial charge in [0, 0.05) is 55.3 Å². The highest BCUT2D eigenvalue weighted by molar-refractivity contribution is 5.86. The number of fused-ring (bicyclic) bond motifs is 2. The van der Waals surface area contributed by atoms with Crippen LogP contribution in [0.15, 0.2) is 66.0 Å². The molecule has 4 aromatic rings. The Morgan fingerprint density at radius 3 is 2.89 bits per heavy atom. The predicted molar refractivity (Wildman–Crippen MR) is 136 cm³/mol. The molecule has 0 radical (unpaired) electrons. The molecule has 0 spiro atoms. The van der Waals surface area contributed by atoms with Crippen LogP contribution in [0.25, 0.3) is 16.9 Å². The second kappa shape index (κ2) is 9.94. The number of nitrogens with zero attached hydrogens (tertiary/aromatic N) is 5. The minimum absolute atomic E-state index is 0.0179. The van der Waals surface area contributed by atoms with Gasteiger partial charge in [0.1, 0.15) is 0 Å². The number of aliphatic carboxylic acids is 1. The van der Waals surface area contributed by atoms with Crippen molar-refractivity contribution in [1.29, 1.82) is 0 Å². The average Bonchev–Trinajstić information content (AvgIpc) is 3.53. The molecule has 35 heavy (non-hydrogen) atoms. The second-order valence-electron chi connectivity index (χ2n) is 8.37. The molecule has 0 saturated heterocycles. The van der Waals surface area contributed by atoms with Crippen molar-refractivity contribution in [2.24, 2.45) is 4.99 Å². The summed E-state index contributed by atoms with van der Waals surface area (Å²) >= 11 is 0. The maximum Gasteiger partial charge on any atom is 0.305 e. The number of aromatic nitrogens is 3. The number of anilines is 3. The molecule has 3 heterocycles. The normalized spacial score (nSPS) is 12.1. The first kappa shape index (κ1) is 22.5. The van der Waals surface area contributed by atoms with Gasteiger partial charge >= 0.3 is 5.97 Å². The van der Waals surface area contributed by atoms with E-state index in [1.165, 1.54) is 5.56 Å². The standard InChI is InChI=1S/C26H26N6O3/c1-31(11-13-35-12-8-24(33)34)22-6-4-21(5-7-22)29-25-26-28-9-10-32(26)17-23(30-25)18-2-3-19-15-27-16-20(19)14-18/h2-7,9-10,14-15,17H,8,11-13,16H2,1H3,(H,29,30)(H,33,34). The number of rotatable bonds is 10. The van der Waals surface area contributed by atoms with Crippen LogP contribution in [0.5, 0.6) is 0 Å². The molecule has 2 N–H and O–H groups in total. The van der Waals surface area contributed by atoms with Gasteiger partial charge in [-0.15, -0.1) is 0 Å². The SMILES string of the molecule is CN(CCOCCC(=O)O)c1ccc(Nc2nc(-c3ccc4c(c3)CN=C4)cn3ccnc23)cc1. The van der Waals surface area contributed by atoms with Crippen LogP contribution >= 0.6 is 0 Å². The summed E-state index contributed by atoms with van der Waals surface area (Å²) in [6.45, 7) is 2.06. The van der Waals surface area contributed by atoms with E-state index in [1.54, 1.807) is 6.20 Å². The van der Waals surface area contributed by atoms with Crippen molar-refractivity contribution in [3.63, 3.8) is 0 Å². The van der Waals surface area contributed by atoms with E-state index < -0.39 is 5.97 Å². The number of nitrogens with one attached hydrogen (secondary N) is 1. The molecule has 178 valence electrons. The predicted octanol–water partition coefficient (Wildman–Crippen LogP) is 4.00. The number of carbonyl (C=O) groups is 1. The summed E-state index contributed by atoms with van der Waals surface area (Å²) in [6.07, 6.45) is 7.59. The van der Waals surface area contributed by atoms with E-state index in [0.29, 0.717) is 25.5 Å². The molecule has 9 nitrogen and oxygen atoms in total. The fraction of sp³-hybridized carbons (Fsp3) is 0.231. The number of likely N-dealkylation sites (N-methyl/N-ethyl adjacent to an activating group) is 1. The van der Waals surface area contributed by atoms with Crippen molar-refractivity contribution >= 4 is 35.0 Å². The van der Waals surface area contributed by atoms with Crippen LogP contribution in [-0.2, 0) is 16.1 Å². The molecule has 0 aliphatic carbocycles. The fourth-order valence-corrected chi connectivity index (χ4v) is 3.95. The molecule has 5 rings (SSSR count). The van der Waals surface area contributed by atoms with Crippen molar-refractivity contribution in [1.82, 2.24) is 14.4 Å². The van der Waals surface area contributed by atoms with Gasteiger partial charge in [-0.05, 0) is 41.5 Å². The van der Waals surface area contributed by atoms with E-state index in [4.69, 9.17) is 14.8 Å². The Bertz CT molecular complexity index is 1380. The molecule has 0 saturated carbocycles. The van der Waals surface area contributed by atoms with Crippen LogP contribution in [-0.4, -0.2) is 58.5 Å². The quantitative estimate of drug-likeness (QED) is 0.338. The zero-order valence-corrected chi connectivity index (χ0v) is 19.4. The second-order valence-corrected chi connectivity index (χ2v) is 8.37. The number of benzene rings is 2. The van der Waals surface area contributed by atoms with Gasteiger partial charge in [0.25, 0.3) is 0 Å². The number of imidazole rings is 1. The topological polar surface area (TPSA) is 104 Å². The molecule has 1 aliphatic heterocycles. The Labute approximate surface area is 202 Å². The monoisotopic (exact) mass is 470 g/mol. The number of ether oxygens (including phenoxy) is 1. The lowest BCUT2D eigenvalue weighted by Crippen LogP contribution is -2.23. The first-order valence-corrected chi connectivity index (χ1v) is 11.4. The molecule has 0 bridgehead atoms. The van der Waals surface area contributed by atoms with Crippen molar-refractivity contribution in [3.05, 3.63) is 72.2 Å². The smallest absolute Gasteiger partial charge is 0.305 e. The molecule has 9 heteroatoms. The van der Waals surface area contributed by atoms with Crippen LogP contribution in [0, 0.1) is 0 Å².